The minimum absolute atomic E-state index is 0.139. The van der Waals surface area contributed by atoms with Gasteiger partial charge in [0.1, 0.15) is 5.82 Å². The summed E-state index contributed by atoms with van der Waals surface area (Å²) >= 11 is 1.87. The Hall–Kier alpha value is -1.68. The number of nitrogens with zero attached hydrogens (tertiary/aromatic N) is 3. The van der Waals surface area contributed by atoms with Crippen molar-refractivity contribution in [2.24, 2.45) is 11.8 Å². The second kappa shape index (κ2) is 7.86. The molecular weight excluding hydrogens is 374 g/mol. The third-order valence-corrected chi connectivity index (χ3v) is 8.06. The van der Waals surface area contributed by atoms with Gasteiger partial charge in [0.15, 0.2) is 5.13 Å². The molecule has 0 aliphatic heterocycles. The van der Waals surface area contributed by atoms with E-state index in [4.69, 9.17) is 9.97 Å². The van der Waals surface area contributed by atoms with Gasteiger partial charge >= 0.3 is 0 Å². The molecule has 2 aromatic rings. The number of hydrogen-bond acceptors (Lipinski definition) is 4. The molecule has 0 amide bonds. The predicted molar refractivity (Wildman–Crippen MR) is 127 cm³/mol. The molecule has 29 heavy (non-hydrogen) atoms. The van der Waals surface area contributed by atoms with Gasteiger partial charge in [-0.3, -0.25) is 0 Å². The van der Waals surface area contributed by atoms with Crippen LogP contribution in [0.15, 0.2) is 24.9 Å². The summed E-state index contributed by atoms with van der Waals surface area (Å²) < 4.78 is 0. The molecule has 2 heterocycles. The topological polar surface area (TPSA) is 29.0 Å². The molecule has 0 N–H and O–H groups in total. The minimum Gasteiger partial charge on any atom is -0.302 e. The Morgan fingerprint density at radius 3 is 2.38 bits per heavy atom. The number of aromatic nitrogens is 2. The Bertz CT molecular complexity index is 876. The Morgan fingerprint density at radius 2 is 1.86 bits per heavy atom. The molecule has 3 rings (SSSR count). The summed E-state index contributed by atoms with van der Waals surface area (Å²) in [6, 6.07) is 4.23. The van der Waals surface area contributed by atoms with Crippen LogP contribution < -0.4 is 4.90 Å². The monoisotopic (exact) mass is 411 g/mol. The van der Waals surface area contributed by atoms with E-state index < -0.39 is 0 Å². The molecule has 1 aliphatic rings. The zero-order chi connectivity index (χ0) is 21.6. The minimum atomic E-state index is 0.139. The number of fused-ring (bicyclic) bond motifs is 1. The summed E-state index contributed by atoms with van der Waals surface area (Å²) in [4.78, 5) is 13.8. The highest BCUT2D eigenvalue weighted by Gasteiger charge is 2.45. The lowest BCUT2D eigenvalue weighted by atomic mass is 9.63. The normalized spacial score (nSPS) is 20.8. The summed E-state index contributed by atoms with van der Waals surface area (Å²) in [7, 11) is 0. The van der Waals surface area contributed by atoms with Gasteiger partial charge in [-0.15, -0.1) is 11.3 Å². The van der Waals surface area contributed by atoms with E-state index in [1.165, 1.54) is 23.4 Å². The number of anilines is 2. The van der Waals surface area contributed by atoms with E-state index in [0.717, 1.165) is 28.6 Å². The third kappa shape index (κ3) is 4.14. The zero-order valence-electron chi connectivity index (χ0n) is 19.5. The maximum atomic E-state index is 5.30. The van der Waals surface area contributed by atoms with Gasteiger partial charge in [-0.2, -0.15) is 0 Å². The highest BCUT2D eigenvalue weighted by molar-refractivity contribution is 7.16. The molecule has 1 unspecified atom stereocenters. The fraction of sp³-hybridized carbons (Fsp3) is 0.600. The predicted octanol–water partition coefficient (Wildman–Crippen LogP) is 7.35. The highest BCUT2D eigenvalue weighted by atomic mass is 32.1. The van der Waals surface area contributed by atoms with Gasteiger partial charge in [0.2, 0.25) is 0 Å². The van der Waals surface area contributed by atoms with Crippen molar-refractivity contribution < 1.29 is 0 Å². The second-order valence-corrected chi connectivity index (χ2v) is 11.3. The molecule has 0 spiro atoms. The van der Waals surface area contributed by atoms with Gasteiger partial charge in [-0.1, -0.05) is 55.0 Å². The van der Waals surface area contributed by atoms with Crippen molar-refractivity contribution in [1.82, 2.24) is 9.97 Å². The SMILES string of the molecule is C=C(C)c1ccc(N(CC(C)C)c2nc3c(s2)C(C)(C)CCC3(C)C(C)C)nc1. The van der Waals surface area contributed by atoms with E-state index in [1.54, 1.807) is 0 Å². The summed E-state index contributed by atoms with van der Waals surface area (Å²) in [5, 5.41) is 1.08. The Morgan fingerprint density at radius 1 is 1.17 bits per heavy atom. The van der Waals surface area contributed by atoms with Crippen LogP contribution in [0.2, 0.25) is 0 Å². The molecule has 3 nitrogen and oxygen atoms in total. The van der Waals surface area contributed by atoms with Crippen molar-refractivity contribution in [2.45, 2.75) is 79.1 Å². The van der Waals surface area contributed by atoms with Crippen LogP contribution >= 0.6 is 11.3 Å². The Balaban J connectivity index is 2.10. The van der Waals surface area contributed by atoms with Gasteiger partial charge < -0.3 is 4.90 Å². The first-order valence-electron chi connectivity index (χ1n) is 10.9. The Kier molecular flexibility index (Phi) is 5.97. The molecule has 1 aliphatic carbocycles. The van der Waals surface area contributed by atoms with Crippen LogP contribution in [0.5, 0.6) is 0 Å². The van der Waals surface area contributed by atoms with Crippen molar-refractivity contribution in [3.8, 4) is 0 Å². The first-order valence-corrected chi connectivity index (χ1v) is 11.7. The molecule has 0 radical (unpaired) electrons. The van der Waals surface area contributed by atoms with Gasteiger partial charge in [0, 0.05) is 28.4 Å². The second-order valence-electron chi connectivity index (χ2n) is 10.3. The summed E-state index contributed by atoms with van der Waals surface area (Å²) in [5.74, 6) is 2.06. The van der Waals surface area contributed by atoms with Crippen LogP contribution in [-0.2, 0) is 10.8 Å². The van der Waals surface area contributed by atoms with Crippen LogP contribution in [0.25, 0.3) is 5.57 Å². The zero-order valence-corrected chi connectivity index (χ0v) is 20.3. The van der Waals surface area contributed by atoms with Gasteiger partial charge in [0.05, 0.1) is 5.69 Å². The maximum absolute atomic E-state index is 5.30. The lowest BCUT2D eigenvalue weighted by Crippen LogP contribution is -2.38. The smallest absolute Gasteiger partial charge is 0.191 e. The van der Waals surface area contributed by atoms with E-state index in [1.807, 2.05) is 24.5 Å². The van der Waals surface area contributed by atoms with E-state index >= 15 is 0 Å². The van der Waals surface area contributed by atoms with Crippen molar-refractivity contribution in [2.75, 3.05) is 11.4 Å². The molecular formula is C25H37N3S. The van der Waals surface area contributed by atoms with Crippen LogP contribution in [0, 0.1) is 11.8 Å². The molecule has 0 aromatic carbocycles. The molecule has 0 bridgehead atoms. The van der Waals surface area contributed by atoms with Crippen LogP contribution in [0.1, 0.15) is 84.4 Å². The first kappa shape index (κ1) is 22.0. The number of thiazole rings is 1. The lowest BCUT2D eigenvalue weighted by molar-refractivity contribution is 0.243. The fourth-order valence-corrected chi connectivity index (χ4v) is 5.42. The maximum Gasteiger partial charge on any atom is 0.191 e. The quantitative estimate of drug-likeness (QED) is 0.497. The number of allylic oxidation sites excluding steroid dienone is 1. The lowest BCUT2D eigenvalue weighted by Gasteiger charge is -2.42. The average molecular weight is 412 g/mol. The molecule has 158 valence electrons. The average Bonchev–Trinajstić information content (AvgIpc) is 3.10. The largest absolute Gasteiger partial charge is 0.302 e. The molecule has 0 saturated heterocycles. The van der Waals surface area contributed by atoms with Crippen molar-refractivity contribution in [3.05, 3.63) is 41.0 Å². The molecule has 1 atom stereocenters. The standard InChI is InChI=1S/C25H37N3S/c1-16(2)15-28(20-11-10-19(14-26-20)17(3)4)23-27-21-22(29-23)24(7,8)12-13-25(21,9)18(5)6/h10-11,14,16,18H,3,12-13,15H2,1-2,4-9H3. The van der Waals surface area contributed by atoms with E-state index in [-0.39, 0.29) is 10.8 Å². The van der Waals surface area contributed by atoms with Gasteiger partial charge in [0.25, 0.3) is 0 Å². The van der Waals surface area contributed by atoms with Crippen LogP contribution in [0.4, 0.5) is 10.9 Å². The van der Waals surface area contributed by atoms with E-state index in [2.05, 4.69) is 72.1 Å². The summed E-state index contributed by atoms with van der Waals surface area (Å²) in [5.41, 5.74) is 3.76. The number of hydrogen-bond donors (Lipinski definition) is 0. The molecule has 0 fully saturated rings. The third-order valence-electron chi connectivity index (χ3n) is 6.61. The number of rotatable bonds is 6. The van der Waals surface area contributed by atoms with Crippen LogP contribution in [-0.4, -0.2) is 16.5 Å². The van der Waals surface area contributed by atoms with Gasteiger partial charge in [-0.25, -0.2) is 9.97 Å². The number of pyridine rings is 1. The van der Waals surface area contributed by atoms with Crippen LogP contribution in [0.3, 0.4) is 0 Å². The van der Waals surface area contributed by atoms with Crippen molar-refractivity contribution in [3.63, 3.8) is 0 Å². The first-order chi connectivity index (χ1) is 13.5. The van der Waals surface area contributed by atoms with E-state index in [9.17, 15) is 0 Å². The van der Waals surface area contributed by atoms with Crippen molar-refractivity contribution in [1.29, 1.82) is 0 Å². The molecule has 4 heteroatoms. The summed E-state index contributed by atoms with van der Waals surface area (Å²) in [6.07, 6.45) is 4.34. The van der Waals surface area contributed by atoms with Crippen molar-refractivity contribution >= 4 is 27.9 Å². The fourth-order valence-electron chi connectivity index (χ4n) is 4.07. The van der Waals surface area contributed by atoms with Gasteiger partial charge in [-0.05, 0) is 54.9 Å². The highest BCUT2D eigenvalue weighted by Crippen LogP contribution is 2.52. The summed E-state index contributed by atoms with van der Waals surface area (Å²) in [6.45, 7) is 23.3. The Labute approximate surface area is 181 Å². The molecule has 0 saturated carbocycles. The molecule has 2 aromatic heterocycles. The van der Waals surface area contributed by atoms with E-state index in [0.29, 0.717) is 11.8 Å².